The van der Waals surface area contributed by atoms with Gasteiger partial charge in [0.25, 0.3) is 0 Å². The second-order valence-corrected chi connectivity index (χ2v) is 23.0. The Morgan fingerprint density at radius 1 is 0.621 bits per heavy atom. The van der Waals surface area contributed by atoms with Gasteiger partial charge in [0.1, 0.15) is 59.9 Å². The molecule has 0 bridgehead atoms. The number of halogens is 2. The lowest BCUT2D eigenvalue weighted by atomic mass is 9.94. The normalized spacial score (nSPS) is 23.5. The summed E-state index contributed by atoms with van der Waals surface area (Å²) >= 11 is 0. The van der Waals surface area contributed by atoms with Crippen LogP contribution in [0.2, 0.25) is 0 Å². The topological polar surface area (TPSA) is 416 Å². The van der Waals surface area contributed by atoms with Gasteiger partial charge in [-0.15, -0.1) is 0 Å². The lowest BCUT2D eigenvalue weighted by Gasteiger charge is -2.32. The number of primary amides is 1. The van der Waals surface area contributed by atoms with Crippen LogP contribution >= 0.6 is 0 Å². The van der Waals surface area contributed by atoms with Crippen molar-refractivity contribution in [2.75, 3.05) is 20.3 Å². The van der Waals surface area contributed by atoms with Gasteiger partial charge in [-0.1, -0.05) is 111 Å². The molecule has 87 heavy (non-hydrogen) atoms. The van der Waals surface area contributed by atoms with Crippen molar-refractivity contribution in [2.45, 2.75) is 205 Å². The van der Waals surface area contributed by atoms with Crippen LogP contribution in [-0.2, 0) is 64.0 Å². The third kappa shape index (κ3) is 21.2. The van der Waals surface area contributed by atoms with E-state index in [1.807, 2.05) is 30.3 Å². The zero-order chi connectivity index (χ0) is 65.6. The highest BCUT2D eigenvalue weighted by molar-refractivity contribution is 6.01. The molecule has 16 N–H and O–H groups in total. The summed E-state index contributed by atoms with van der Waals surface area (Å²) < 4.78 is 27.1. The van der Waals surface area contributed by atoms with Gasteiger partial charge in [-0.25, -0.2) is 8.78 Å². The number of aliphatic hydroxyl groups excluding tert-OH is 2. The summed E-state index contributed by atoms with van der Waals surface area (Å²) in [6.45, 7) is 13.9. The second kappa shape index (κ2) is 34.8. The van der Waals surface area contributed by atoms with Crippen LogP contribution in [0.15, 0.2) is 30.3 Å². The molecule has 1 saturated carbocycles. The first-order chi connectivity index (χ1) is 41.0. The fourth-order valence-corrected chi connectivity index (χ4v) is 9.83. The first-order valence-corrected chi connectivity index (χ1v) is 29.8. The summed E-state index contributed by atoms with van der Waals surface area (Å²) in [5.41, 5.74) is 4.49. The Morgan fingerprint density at radius 3 is 1.56 bits per heavy atom. The van der Waals surface area contributed by atoms with E-state index in [9.17, 15) is 76.5 Å². The number of nitrogens with two attached hydrogens (primary N) is 1. The molecule has 0 aromatic heterocycles. The molecule has 1 spiro atoms. The Hall–Kier alpha value is -7.40. The van der Waals surface area contributed by atoms with E-state index < -0.39 is 211 Å². The molecule has 2 fully saturated rings. The Labute approximate surface area is 506 Å². The third-order valence-electron chi connectivity index (χ3n) is 16.6. The Bertz CT molecular complexity index is 2570. The van der Waals surface area contributed by atoms with Gasteiger partial charge < -0.3 is 79.7 Å². The number of likely N-dealkylation sites (N-methyl/N-ethyl adjacent to an activating group) is 1. The number of alkyl halides is 2. The number of benzene rings is 1. The van der Waals surface area contributed by atoms with Crippen molar-refractivity contribution in [1.29, 1.82) is 0 Å². The molecular weight excluding hydrogens is 1140 g/mol. The average Bonchev–Trinajstić information content (AvgIpc) is 1.65. The van der Waals surface area contributed by atoms with Crippen LogP contribution in [0.3, 0.4) is 0 Å². The Morgan fingerprint density at radius 2 is 1.09 bits per heavy atom. The molecule has 27 nitrogen and oxygen atoms in total. The lowest BCUT2D eigenvalue weighted by molar-refractivity contribution is -0.138. The zero-order valence-electron chi connectivity index (χ0n) is 51.6. The maximum atomic E-state index is 14.4. The molecule has 1 aliphatic carbocycles. The summed E-state index contributed by atoms with van der Waals surface area (Å²) in [6, 6.07) is -6.60. The molecule has 17 atom stereocenters. The summed E-state index contributed by atoms with van der Waals surface area (Å²) in [5, 5.41) is 51.6. The van der Waals surface area contributed by atoms with Crippen molar-refractivity contribution < 1.29 is 76.5 Å². The largest absolute Gasteiger partial charge is 0.394 e. The summed E-state index contributed by atoms with van der Waals surface area (Å²) in [7, 11) is 1.59. The molecule has 12 amide bonds. The highest BCUT2D eigenvalue weighted by atomic mass is 19.3. The molecule has 2 unspecified atom stereocenters. The van der Waals surface area contributed by atoms with Crippen molar-refractivity contribution >= 4 is 70.9 Å². The Balaban J connectivity index is 1.85. The molecule has 1 heterocycles. The summed E-state index contributed by atoms with van der Waals surface area (Å²) in [4.78, 5) is 165. The minimum atomic E-state index is -2.82. The predicted molar refractivity (Wildman–Crippen MR) is 314 cm³/mol. The van der Waals surface area contributed by atoms with Crippen LogP contribution in [0.1, 0.15) is 126 Å². The molecule has 29 heteroatoms. The van der Waals surface area contributed by atoms with Crippen LogP contribution in [0.25, 0.3) is 0 Å². The fourth-order valence-electron chi connectivity index (χ4n) is 9.83. The first-order valence-electron chi connectivity index (χ1n) is 29.8. The smallest absolute Gasteiger partial charge is 0.246 e. The van der Waals surface area contributed by atoms with Gasteiger partial charge in [0.2, 0.25) is 77.3 Å². The highest BCUT2D eigenvalue weighted by Crippen LogP contribution is 2.47. The van der Waals surface area contributed by atoms with E-state index in [4.69, 9.17) is 5.73 Å². The average molecular weight is 1230 g/mol. The van der Waals surface area contributed by atoms with Gasteiger partial charge in [-0.05, 0) is 75.3 Å². The van der Waals surface area contributed by atoms with E-state index in [1.54, 1.807) is 62.4 Å². The first kappa shape index (κ1) is 73.9. The second-order valence-electron chi connectivity index (χ2n) is 23.0. The maximum Gasteiger partial charge on any atom is 0.246 e. The van der Waals surface area contributed by atoms with E-state index in [2.05, 4.69) is 63.8 Å². The number of hydrogen-bond acceptors (Lipinski definition) is 15. The van der Waals surface area contributed by atoms with E-state index in [1.165, 1.54) is 13.8 Å². The summed E-state index contributed by atoms with van der Waals surface area (Å²) in [6.07, 6.45) is -3.05. The molecule has 0 radical (unpaired) electrons. The minimum Gasteiger partial charge on any atom is -0.394 e. The third-order valence-corrected chi connectivity index (χ3v) is 16.6. The molecular formula is C58H93F2N13O14. The highest BCUT2D eigenvalue weighted by Gasteiger charge is 2.62. The SMILES string of the molecule is CC[C@H](C)[C@H](NC(=O)[C@@H](Cc1ccccc1)NC)C(=O)N[C@@H](CO)C(=O)N[C@H](CCC(N)=O)C(=O)N[C@@H](C(=O)N[C@H](C(=O)N[C@@H](CO)C(=O)N[C@H]1C(=O)N[C@@H](C)C(=O)NC2(CC2CC(F)F)C(=O)N[C@@H]([C@@H](C)CC)C(=O)N[C@H]1C)[C@@H](C)CC)[C@@H](C)CC. The quantitative estimate of drug-likeness (QED) is 0.0360. The number of amides is 12. The van der Waals surface area contributed by atoms with Crippen LogP contribution in [0.5, 0.6) is 0 Å². The van der Waals surface area contributed by atoms with Crippen LogP contribution in [0.4, 0.5) is 8.78 Å². The number of carbonyl (C=O) groups excluding carboxylic acids is 12. The molecule has 488 valence electrons. The van der Waals surface area contributed by atoms with Crippen molar-refractivity contribution in [3.63, 3.8) is 0 Å². The number of hydrogen-bond donors (Lipinski definition) is 15. The predicted octanol–water partition coefficient (Wildman–Crippen LogP) is -2.32. The zero-order valence-corrected chi connectivity index (χ0v) is 51.6. The fraction of sp³-hybridized carbons (Fsp3) is 0.690. The maximum absolute atomic E-state index is 14.4. The minimum absolute atomic E-state index is 0.163. The van der Waals surface area contributed by atoms with E-state index >= 15 is 0 Å². The van der Waals surface area contributed by atoms with Crippen LogP contribution in [-0.4, -0.2) is 180 Å². The number of aliphatic hydroxyl groups is 2. The van der Waals surface area contributed by atoms with Crippen molar-refractivity contribution in [3.05, 3.63) is 35.9 Å². The van der Waals surface area contributed by atoms with Crippen molar-refractivity contribution in [2.24, 2.45) is 35.3 Å². The van der Waals surface area contributed by atoms with Gasteiger partial charge in [0.05, 0.1) is 25.3 Å². The van der Waals surface area contributed by atoms with E-state index in [-0.39, 0.29) is 19.3 Å². The van der Waals surface area contributed by atoms with Gasteiger partial charge in [0.15, 0.2) is 0 Å². The molecule has 1 aromatic carbocycles. The monoisotopic (exact) mass is 1230 g/mol. The molecule has 2 aliphatic rings. The number of nitrogens with one attached hydrogen (secondary N) is 12. The van der Waals surface area contributed by atoms with Gasteiger partial charge in [-0.3, -0.25) is 57.5 Å². The van der Waals surface area contributed by atoms with E-state index in [0.29, 0.717) is 19.3 Å². The molecule has 3 rings (SSSR count). The van der Waals surface area contributed by atoms with Crippen molar-refractivity contribution in [3.8, 4) is 0 Å². The number of rotatable bonds is 32. The van der Waals surface area contributed by atoms with Crippen LogP contribution < -0.4 is 69.5 Å². The summed E-state index contributed by atoms with van der Waals surface area (Å²) in [5.74, 6) is -14.4. The van der Waals surface area contributed by atoms with Crippen LogP contribution in [0, 0.1) is 29.6 Å². The standard InChI is InChI=1S/C58H93F2N13O14/c1-12-28(5)42(69-49(79)37(62-11)23-34-19-17-16-18-20-34)53(83)66-38(26-74)50(80)65-36(21-22-41(61)76)48(78)68-44(30(7)14-3)55(85)70-43(29(6)13-2)54(84)67-39(27-75)51(81)71-46-32(9)63-52(82)45(31(8)15-4)72-57(87)58(25-35(58)24-40(59)60)73-47(77)33(10)64-56(46)86/h16-20,28-33,35-40,42-46,62,74-75H,12-15,21-27H2,1-11H3,(H2,61,76)(H,63,82)(H,64,86)(H,65,80)(H,66,83)(H,67,84)(H,68,78)(H,69,79)(H,70,85)(H,71,81)(H,72,87)(H,73,77)/t28-,29-,30-,31-,32-,33-,35?,36+,37+,38-,39-,42-,43-,44+,45-,46+,58?/m0/s1. The van der Waals surface area contributed by atoms with Crippen molar-refractivity contribution in [1.82, 2.24) is 63.8 Å². The van der Waals surface area contributed by atoms with Gasteiger partial charge in [0, 0.05) is 12.8 Å². The number of carbonyl (C=O) groups is 12. The lowest BCUT2D eigenvalue weighted by Crippen LogP contribution is -2.64. The molecule has 1 saturated heterocycles. The molecule has 1 aromatic rings. The van der Waals surface area contributed by atoms with Gasteiger partial charge in [-0.2, -0.15) is 0 Å². The molecule has 1 aliphatic heterocycles. The van der Waals surface area contributed by atoms with E-state index in [0.717, 1.165) is 5.56 Å². The van der Waals surface area contributed by atoms with Gasteiger partial charge >= 0.3 is 0 Å². The Kier molecular flexibility index (Phi) is 29.6.